The van der Waals surface area contributed by atoms with Crippen molar-refractivity contribution in [3.8, 4) is 5.75 Å². The summed E-state index contributed by atoms with van der Waals surface area (Å²) in [7, 11) is -2.98. The minimum Gasteiger partial charge on any atom is -0.494 e. The van der Waals surface area contributed by atoms with Gasteiger partial charge in [0.1, 0.15) is 4.90 Å². The molecule has 5 rings (SSSR count). The Bertz CT molecular complexity index is 1800. The average molecular weight is 539 g/mol. The van der Waals surface area contributed by atoms with Crippen LogP contribution in [0, 0.1) is 5.82 Å². The van der Waals surface area contributed by atoms with Gasteiger partial charge in [-0.2, -0.15) is 0 Å². The lowest BCUT2D eigenvalue weighted by molar-refractivity contribution is -0.118. The first kappa shape index (κ1) is 25.2. The molecule has 0 spiro atoms. The molecule has 0 unspecified atom stereocenters. The second-order valence-electron chi connectivity index (χ2n) is 8.69. The van der Waals surface area contributed by atoms with E-state index in [0.717, 1.165) is 11.6 Å². The van der Waals surface area contributed by atoms with Gasteiger partial charge in [0.15, 0.2) is 11.6 Å². The van der Waals surface area contributed by atoms with E-state index in [9.17, 15) is 27.2 Å². The number of carbonyl (C=O) groups is 1. The number of hydrogen-bond acceptors (Lipinski definition) is 6. The van der Waals surface area contributed by atoms with E-state index in [0.29, 0.717) is 29.6 Å². The van der Waals surface area contributed by atoms with Crippen LogP contribution in [0.2, 0.25) is 0 Å². The van der Waals surface area contributed by atoms with E-state index in [1.807, 2.05) is 0 Å². The number of aryl methyl sites for hydroxylation is 1. The number of aromatic amines is 1. The first-order valence-electron chi connectivity index (χ1n) is 11.7. The predicted molar refractivity (Wildman–Crippen MR) is 140 cm³/mol. The average Bonchev–Trinajstić information content (AvgIpc) is 3.31. The molecule has 3 aromatic carbocycles. The summed E-state index contributed by atoms with van der Waals surface area (Å²) in [5.41, 5.74) is 0.974. The van der Waals surface area contributed by atoms with Crippen LogP contribution in [-0.4, -0.2) is 37.5 Å². The lowest BCUT2D eigenvalue weighted by Gasteiger charge is -2.18. The van der Waals surface area contributed by atoms with Crippen molar-refractivity contribution in [3.63, 3.8) is 0 Å². The Morgan fingerprint density at radius 3 is 2.68 bits per heavy atom. The van der Waals surface area contributed by atoms with Crippen LogP contribution < -0.4 is 25.6 Å². The number of H-pyrrole nitrogens is 1. The molecule has 2 heterocycles. The van der Waals surface area contributed by atoms with E-state index in [1.165, 1.54) is 29.9 Å². The highest BCUT2D eigenvalue weighted by atomic mass is 32.2. The van der Waals surface area contributed by atoms with Crippen molar-refractivity contribution in [1.82, 2.24) is 9.55 Å². The Balaban J connectivity index is 1.33. The molecule has 0 atom stereocenters. The summed E-state index contributed by atoms with van der Waals surface area (Å²) in [6.07, 6.45) is 0.505. The van der Waals surface area contributed by atoms with E-state index in [1.54, 1.807) is 41.3 Å². The van der Waals surface area contributed by atoms with Crippen molar-refractivity contribution in [3.05, 3.63) is 92.9 Å². The fraction of sp³-hybridized carbons (Fsp3) is 0.192. The SMILES string of the molecule is COc1cccc(S(=O)(=O)Nc2ccc3c(c2)CCN3C(=O)CCn2c(=O)[nH]c(=O)c3ccccc32)c1F. The molecule has 2 N–H and O–H groups in total. The van der Waals surface area contributed by atoms with Crippen LogP contribution in [0.1, 0.15) is 12.0 Å². The number of para-hydroxylation sites is 1. The van der Waals surface area contributed by atoms with Gasteiger partial charge in [-0.1, -0.05) is 18.2 Å². The topological polar surface area (TPSA) is 131 Å². The van der Waals surface area contributed by atoms with Gasteiger partial charge in [-0.3, -0.25) is 23.9 Å². The van der Waals surface area contributed by atoms with Crippen molar-refractivity contribution < 1.29 is 22.3 Å². The standard InChI is InChI=1S/C26H23FN4O6S/c1-37-21-7-4-8-22(24(21)27)38(35,36)29-17-9-10-19-16(15-17)11-13-30(19)23(32)12-14-31-20-6-3-2-5-18(20)25(33)28-26(31)34/h2-10,15,29H,11-14H2,1H3,(H,28,33,34). The van der Waals surface area contributed by atoms with Crippen LogP contribution in [-0.2, 0) is 27.8 Å². The highest BCUT2D eigenvalue weighted by Crippen LogP contribution is 2.32. The van der Waals surface area contributed by atoms with E-state index in [-0.39, 0.29) is 30.3 Å². The van der Waals surface area contributed by atoms with Gasteiger partial charge in [0.25, 0.3) is 15.6 Å². The monoisotopic (exact) mass is 538 g/mol. The Labute approximate surface area is 216 Å². The van der Waals surface area contributed by atoms with Crippen LogP contribution in [0.4, 0.5) is 15.8 Å². The van der Waals surface area contributed by atoms with E-state index >= 15 is 0 Å². The molecule has 10 nitrogen and oxygen atoms in total. The van der Waals surface area contributed by atoms with Crippen LogP contribution >= 0.6 is 0 Å². The first-order chi connectivity index (χ1) is 18.2. The summed E-state index contributed by atoms with van der Waals surface area (Å²) in [5.74, 6) is -1.40. The largest absolute Gasteiger partial charge is 0.494 e. The minimum atomic E-state index is -4.23. The summed E-state index contributed by atoms with van der Waals surface area (Å²) in [4.78, 5) is 40.8. The molecule has 1 aliphatic rings. The molecule has 0 saturated carbocycles. The van der Waals surface area contributed by atoms with Gasteiger partial charge in [0.05, 0.1) is 18.0 Å². The van der Waals surface area contributed by atoms with Crippen molar-refractivity contribution in [1.29, 1.82) is 0 Å². The molecule has 38 heavy (non-hydrogen) atoms. The zero-order valence-electron chi connectivity index (χ0n) is 20.2. The zero-order chi connectivity index (χ0) is 27.0. The molecule has 0 radical (unpaired) electrons. The number of nitrogens with zero attached hydrogens (tertiary/aromatic N) is 2. The highest BCUT2D eigenvalue weighted by molar-refractivity contribution is 7.92. The van der Waals surface area contributed by atoms with E-state index in [4.69, 9.17) is 4.74 Å². The van der Waals surface area contributed by atoms with Gasteiger partial charge in [-0.05, 0) is 54.4 Å². The number of hydrogen-bond donors (Lipinski definition) is 2. The van der Waals surface area contributed by atoms with Crippen molar-refractivity contribution in [2.24, 2.45) is 0 Å². The predicted octanol–water partition coefficient (Wildman–Crippen LogP) is 2.62. The molecule has 0 bridgehead atoms. The van der Waals surface area contributed by atoms with Gasteiger partial charge < -0.3 is 9.64 Å². The maximum atomic E-state index is 14.5. The van der Waals surface area contributed by atoms with Crippen molar-refractivity contribution in [2.45, 2.75) is 24.3 Å². The molecule has 1 aliphatic heterocycles. The molecule has 1 aromatic heterocycles. The Morgan fingerprint density at radius 2 is 1.89 bits per heavy atom. The molecule has 196 valence electrons. The minimum absolute atomic E-state index is 0.0128. The third kappa shape index (κ3) is 4.54. The van der Waals surface area contributed by atoms with Crippen LogP contribution in [0.15, 0.2) is 75.1 Å². The number of rotatable bonds is 7. The number of nitrogens with one attached hydrogen (secondary N) is 2. The van der Waals surface area contributed by atoms with Crippen LogP contribution in [0.3, 0.4) is 0 Å². The lowest BCUT2D eigenvalue weighted by atomic mass is 10.1. The van der Waals surface area contributed by atoms with E-state index in [2.05, 4.69) is 9.71 Å². The van der Waals surface area contributed by atoms with Gasteiger partial charge in [-0.15, -0.1) is 0 Å². The van der Waals surface area contributed by atoms with Crippen LogP contribution in [0.5, 0.6) is 5.75 Å². The smallest absolute Gasteiger partial charge is 0.328 e. The number of benzene rings is 3. The molecular formula is C26H23FN4O6S. The lowest BCUT2D eigenvalue weighted by Crippen LogP contribution is -2.34. The first-order valence-corrected chi connectivity index (χ1v) is 13.2. The molecule has 0 fully saturated rings. The summed E-state index contributed by atoms with van der Waals surface area (Å²) >= 11 is 0. The number of anilines is 2. The highest BCUT2D eigenvalue weighted by Gasteiger charge is 2.27. The summed E-state index contributed by atoms with van der Waals surface area (Å²) < 4.78 is 48.7. The quantitative estimate of drug-likeness (QED) is 0.372. The number of aromatic nitrogens is 2. The summed E-state index contributed by atoms with van der Waals surface area (Å²) in [5, 5.41) is 0.356. The summed E-state index contributed by atoms with van der Waals surface area (Å²) in [6, 6.07) is 15.3. The zero-order valence-corrected chi connectivity index (χ0v) is 21.0. The normalized spacial score (nSPS) is 12.9. The maximum absolute atomic E-state index is 14.5. The molecule has 0 aliphatic carbocycles. The van der Waals surface area contributed by atoms with Gasteiger partial charge in [0.2, 0.25) is 5.91 Å². The molecule has 4 aromatic rings. The number of carbonyl (C=O) groups excluding carboxylic acids is 1. The second-order valence-corrected chi connectivity index (χ2v) is 10.3. The number of sulfonamides is 1. The van der Waals surface area contributed by atoms with Crippen molar-refractivity contribution in [2.75, 3.05) is 23.3 Å². The Morgan fingerprint density at radius 1 is 1.11 bits per heavy atom. The fourth-order valence-electron chi connectivity index (χ4n) is 4.60. The Hall–Kier alpha value is -4.45. The number of fused-ring (bicyclic) bond motifs is 2. The number of halogens is 1. The number of ether oxygens (including phenoxy) is 1. The van der Waals surface area contributed by atoms with Crippen molar-refractivity contribution >= 4 is 38.2 Å². The maximum Gasteiger partial charge on any atom is 0.328 e. The third-order valence-corrected chi connectivity index (χ3v) is 7.82. The van der Waals surface area contributed by atoms with E-state index < -0.39 is 32.0 Å². The van der Waals surface area contributed by atoms with Gasteiger partial charge in [0, 0.05) is 30.9 Å². The molecule has 1 amide bonds. The second kappa shape index (κ2) is 9.78. The van der Waals surface area contributed by atoms with Gasteiger partial charge in [-0.25, -0.2) is 17.6 Å². The molecule has 12 heteroatoms. The molecule has 0 saturated heterocycles. The molecular weight excluding hydrogens is 515 g/mol. The Kier molecular flexibility index (Phi) is 6.49. The van der Waals surface area contributed by atoms with Gasteiger partial charge >= 0.3 is 5.69 Å². The summed E-state index contributed by atoms with van der Waals surface area (Å²) in [6.45, 7) is 0.459. The third-order valence-electron chi connectivity index (χ3n) is 6.42. The fourth-order valence-corrected chi connectivity index (χ4v) is 5.74. The number of amides is 1. The van der Waals surface area contributed by atoms with Crippen LogP contribution in [0.25, 0.3) is 10.9 Å². The number of methoxy groups -OCH3 is 1.